The van der Waals surface area contributed by atoms with Crippen LogP contribution in [0.15, 0.2) is 68.2 Å². The third-order valence-electron chi connectivity index (χ3n) is 4.60. The van der Waals surface area contributed by atoms with Gasteiger partial charge in [0.1, 0.15) is 6.54 Å². The van der Waals surface area contributed by atoms with Gasteiger partial charge in [0.25, 0.3) is 11.8 Å². The van der Waals surface area contributed by atoms with Crippen LogP contribution in [0.2, 0.25) is 0 Å². The highest BCUT2D eigenvalue weighted by atomic mass is 79.9. The molecule has 29 heavy (non-hydrogen) atoms. The van der Waals surface area contributed by atoms with E-state index < -0.39 is 23.9 Å². The molecule has 10 heteroatoms. The summed E-state index contributed by atoms with van der Waals surface area (Å²) >= 11 is 4.90. The largest absolute Gasteiger partial charge is 0.324 e. The van der Waals surface area contributed by atoms with Gasteiger partial charge in [-0.15, -0.1) is 11.8 Å². The number of benzene rings is 2. The standard InChI is InChI=1S/C19H16BrN5O3S/c1-29-14-4-2-3-12(9-14)21-15(26)10-24-17-16(22-23-24)18(27)25(19(17)28)13-7-5-11(20)6-8-13/h2-9,16-17H,10H2,1H3,(H,21,26). The Labute approximate surface area is 179 Å². The fraction of sp³-hybridized carbons (Fsp3) is 0.211. The van der Waals surface area contributed by atoms with Crippen LogP contribution >= 0.6 is 27.7 Å². The summed E-state index contributed by atoms with van der Waals surface area (Å²) in [4.78, 5) is 40.2. The summed E-state index contributed by atoms with van der Waals surface area (Å²) in [6.07, 6.45) is 1.95. The van der Waals surface area contributed by atoms with Crippen LogP contribution in [0.5, 0.6) is 0 Å². The minimum absolute atomic E-state index is 0.179. The molecule has 2 heterocycles. The van der Waals surface area contributed by atoms with Gasteiger partial charge in [0.2, 0.25) is 5.91 Å². The van der Waals surface area contributed by atoms with Crippen molar-refractivity contribution < 1.29 is 14.4 Å². The second-order valence-electron chi connectivity index (χ2n) is 6.46. The molecule has 1 N–H and O–H groups in total. The molecule has 4 rings (SSSR count). The zero-order valence-electron chi connectivity index (χ0n) is 15.3. The fourth-order valence-corrected chi connectivity index (χ4v) is 3.97. The Bertz CT molecular complexity index is 1010. The Kier molecular flexibility index (Phi) is 5.37. The van der Waals surface area contributed by atoms with Crippen molar-refractivity contribution in [3.63, 3.8) is 0 Å². The number of carbonyl (C=O) groups excluding carboxylic acids is 3. The maximum absolute atomic E-state index is 12.9. The van der Waals surface area contributed by atoms with Crippen molar-refractivity contribution in [3.05, 3.63) is 53.0 Å². The monoisotopic (exact) mass is 473 g/mol. The number of thioether (sulfide) groups is 1. The number of nitrogens with one attached hydrogen (secondary N) is 1. The van der Waals surface area contributed by atoms with Crippen LogP contribution in [0, 0.1) is 0 Å². The molecule has 2 atom stereocenters. The van der Waals surface area contributed by atoms with E-state index in [9.17, 15) is 14.4 Å². The number of amides is 3. The summed E-state index contributed by atoms with van der Waals surface area (Å²) in [7, 11) is 0. The summed E-state index contributed by atoms with van der Waals surface area (Å²) in [5, 5.41) is 11.9. The molecule has 2 aliphatic rings. The van der Waals surface area contributed by atoms with Gasteiger partial charge in [-0.05, 0) is 48.7 Å². The van der Waals surface area contributed by atoms with Gasteiger partial charge in [-0.25, -0.2) is 4.90 Å². The predicted molar refractivity (Wildman–Crippen MR) is 113 cm³/mol. The number of anilines is 2. The van der Waals surface area contributed by atoms with E-state index in [4.69, 9.17) is 0 Å². The highest BCUT2D eigenvalue weighted by molar-refractivity contribution is 9.10. The molecule has 3 amide bonds. The first-order valence-corrected chi connectivity index (χ1v) is 10.7. The fourth-order valence-electron chi connectivity index (χ4n) is 3.25. The molecule has 1 saturated heterocycles. The Morgan fingerprint density at radius 2 is 1.93 bits per heavy atom. The van der Waals surface area contributed by atoms with Crippen molar-refractivity contribution >= 4 is 56.8 Å². The number of hydrogen-bond acceptors (Lipinski definition) is 7. The number of nitrogens with zero attached hydrogens (tertiary/aromatic N) is 4. The van der Waals surface area contributed by atoms with Crippen LogP contribution in [0.3, 0.4) is 0 Å². The molecule has 0 bridgehead atoms. The molecule has 2 aromatic rings. The minimum Gasteiger partial charge on any atom is -0.324 e. The van der Waals surface area contributed by atoms with Crippen molar-refractivity contribution in [1.29, 1.82) is 0 Å². The quantitative estimate of drug-likeness (QED) is 0.531. The predicted octanol–water partition coefficient (Wildman–Crippen LogP) is 3.10. The van der Waals surface area contributed by atoms with Crippen LogP contribution in [-0.2, 0) is 14.4 Å². The van der Waals surface area contributed by atoms with Gasteiger partial charge >= 0.3 is 0 Å². The normalized spacial score (nSPS) is 20.3. The molecule has 0 radical (unpaired) electrons. The zero-order chi connectivity index (χ0) is 20.5. The Morgan fingerprint density at radius 3 is 2.66 bits per heavy atom. The van der Waals surface area contributed by atoms with Gasteiger partial charge in [0, 0.05) is 15.1 Å². The van der Waals surface area contributed by atoms with Crippen LogP contribution in [0.25, 0.3) is 0 Å². The van der Waals surface area contributed by atoms with Crippen LogP contribution < -0.4 is 10.2 Å². The summed E-state index contributed by atoms with van der Waals surface area (Å²) in [5.74, 6) is -1.23. The SMILES string of the molecule is CSc1cccc(NC(=O)CN2N=NC3C(=O)N(c4ccc(Br)cc4)C(=O)C32)c1. The average molecular weight is 474 g/mol. The minimum atomic E-state index is -0.932. The lowest BCUT2D eigenvalue weighted by Gasteiger charge is -2.20. The van der Waals surface area contributed by atoms with Gasteiger partial charge in [0.15, 0.2) is 12.1 Å². The van der Waals surface area contributed by atoms with Crippen LogP contribution in [0.4, 0.5) is 11.4 Å². The summed E-state index contributed by atoms with van der Waals surface area (Å²) in [6.45, 7) is -0.179. The second-order valence-corrected chi connectivity index (χ2v) is 8.26. The summed E-state index contributed by atoms with van der Waals surface area (Å²) < 4.78 is 0.837. The van der Waals surface area contributed by atoms with Crippen molar-refractivity contribution in [2.24, 2.45) is 10.3 Å². The first-order valence-electron chi connectivity index (χ1n) is 8.72. The van der Waals surface area contributed by atoms with E-state index in [-0.39, 0.29) is 12.5 Å². The number of halogens is 1. The number of hydrogen-bond donors (Lipinski definition) is 1. The molecule has 148 valence electrons. The Balaban J connectivity index is 1.47. The number of carbonyl (C=O) groups is 3. The van der Waals surface area contributed by atoms with E-state index in [1.807, 2.05) is 24.5 Å². The number of fused-ring (bicyclic) bond motifs is 1. The lowest BCUT2D eigenvalue weighted by atomic mass is 10.1. The van der Waals surface area contributed by atoms with Crippen molar-refractivity contribution in [2.75, 3.05) is 23.0 Å². The number of rotatable bonds is 5. The van der Waals surface area contributed by atoms with E-state index in [2.05, 4.69) is 31.6 Å². The first-order chi connectivity index (χ1) is 14.0. The summed E-state index contributed by atoms with van der Waals surface area (Å²) in [6, 6.07) is 12.4. The molecule has 0 aliphatic carbocycles. The number of imide groups is 1. The Morgan fingerprint density at radius 1 is 1.17 bits per heavy atom. The first kappa shape index (κ1) is 19.6. The molecule has 2 aliphatic heterocycles. The molecule has 0 spiro atoms. The van der Waals surface area contributed by atoms with Crippen molar-refractivity contribution in [1.82, 2.24) is 5.01 Å². The molecular weight excluding hydrogens is 458 g/mol. The maximum atomic E-state index is 12.9. The smallest absolute Gasteiger partial charge is 0.263 e. The second kappa shape index (κ2) is 7.96. The maximum Gasteiger partial charge on any atom is 0.263 e. The zero-order valence-corrected chi connectivity index (χ0v) is 17.7. The molecule has 2 unspecified atom stereocenters. The molecule has 0 aromatic heterocycles. The van der Waals surface area contributed by atoms with E-state index in [1.165, 1.54) is 5.01 Å². The van der Waals surface area contributed by atoms with Gasteiger partial charge in [-0.3, -0.25) is 19.4 Å². The van der Waals surface area contributed by atoms with Crippen molar-refractivity contribution in [3.8, 4) is 0 Å². The molecular formula is C19H16BrN5O3S. The lowest BCUT2D eigenvalue weighted by Crippen LogP contribution is -2.43. The molecule has 0 saturated carbocycles. The van der Waals surface area contributed by atoms with E-state index >= 15 is 0 Å². The lowest BCUT2D eigenvalue weighted by molar-refractivity contribution is -0.123. The average Bonchev–Trinajstić information content (AvgIpc) is 3.23. The third-order valence-corrected chi connectivity index (χ3v) is 5.86. The van der Waals surface area contributed by atoms with Crippen molar-refractivity contribution in [2.45, 2.75) is 17.0 Å². The molecule has 8 nitrogen and oxygen atoms in total. The van der Waals surface area contributed by atoms with Gasteiger partial charge in [-0.2, -0.15) is 5.11 Å². The van der Waals surface area contributed by atoms with E-state index in [1.54, 1.807) is 42.1 Å². The van der Waals surface area contributed by atoms with Gasteiger partial charge in [-0.1, -0.05) is 27.2 Å². The third kappa shape index (κ3) is 3.77. The Hall–Kier alpha value is -2.72. The van der Waals surface area contributed by atoms with E-state index in [0.29, 0.717) is 11.4 Å². The topological polar surface area (TPSA) is 94.4 Å². The van der Waals surface area contributed by atoms with Crippen LogP contribution in [-0.4, -0.2) is 47.6 Å². The van der Waals surface area contributed by atoms with E-state index in [0.717, 1.165) is 14.3 Å². The van der Waals surface area contributed by atoms with Crippen LogP contribution in [0.1, 0.15) is 0 Å². The molecule has 2 aromatic carbocycles. The van der Waals surface area contributed by atoms with Gasteiger partial charge < -0.3 is 5.32 Å². The summed E-state index contributed by atoms with van der Waals surface area (Å²) in [5.41, 5.74) is 1.12. The highest BCUT2D eigenvalue weighted by Crippen LogP contribution is 2.32. The highest BCUT2D eigenvalue weighted by Gasteiger charge is 2.55. The molecule has 1 fully saturated rings. The van der Waals surface area contributed by atoms with Gasteiger partial charge in [0.05, 0.1) is 5.69 Å².